The first kappa shape index (κ1) is 20.1. The highest BCUT2D eigenvalue weighted by molar-refractivity contribution is 7.99. The van der Waals surface area contributed by atoms with E-state index in [4.69, 9.17) is 28.9 Å². The highest BCUT2D eigenvalue weighted by atomic mass is 35.5. The van der Waals surface area contributed by atoms with Crippen molar-refractivity contribution in [3.05, 3.63) is 33.4 Å². The van der Waals surface area contributed by atoms with E-state index in [1.165, 1.54) is 11.8 Å². The Morgan fingerprint density at radius 2 is 1.96 bits per heavy atom. The first-order valence-electron chi connectivity index (χ1n) is 6.64. The fourth-order valence-electron chi connectivity index (χ4n) is 2.01. The Labute approximate surface area is 160 Å². The molecule has 136 valence electrons. The van der Waals surface area contributed by atoms with E-state index in [1.807, 2.05) is 6.92 Å². The molecule has 5 nitrogen and oxygen atoms in total. The second-order valence-corrected chi connectivity index (χ2v) is 6.95. The summed E-state index contributed by atoms with van der Waals surface area (Å²) in [5.41, 5.74) is 4.92. The first-order valence-corrected chi connectivity index (χ1v) is 8.83. The van der Waals surface area contributed by atoms with Gasteiger partial charge in [0.2, 0.25) is 0 Å². The first-order chi connectivity index (χ1) is 11.6. The largest absolute Gasteiger partial charge is 0.416 e. The van der Waals surface area contributed by atoms with Crippen molar-refractivity contribution < 1.29 is 18.0 Å². The number of nitrogens with two attached hydrogens (primary N) is 1. The highest BCUT2D eigenvalue weighted by Crippen LogP contribution is 2.40. The third-order valence-corrected chi connectivity index (χ3v) is 4.80. The zero-order valence-corrected chi connectivity index (χ0v) is 15.7. The third-order valence-electron chi connectivity index (χ3n) is 3.04. The standard InChI is InChI=1S/C13H11Cl2F3N4OS2/c1-2-25-10-8(12(23)21-24)20-22(11(10)19)9-6(14)3-5(4-7(9)15)13(16,17)18/h3-4,24H,2,19H2,1H3,(H,21,23). The van der Waals surface area contributed by atoms with Crippen molar-refractivity contribution >= 4 is 59.5 Å². The molecule has 0 aliphatic rings. The van der Waals surface area contributed by atoms with Crippen LogP contribution in [0.15, 0.2) is 17.0 Å². The van der Waals surface area contributed by atoms with Crippen molar-refractivity contribution in [2.24, 2.45) is 0 Å². The van der Waals surface area contributed by atoms with E-state index >= 15 is 0 Å². The molecule has 2 aromatic rings. The van der Waals surface area contributed by atoms with E-state index < -0.39 is 17.6 Å². The second kappa shape index (κ2) is 7.56. The van der Waals surface area contributed by atoms with Crippen molar-refractivity contribution in [1.82, 2.24) is 14.5 Å². The average Bonchev–Trinajstić information content (AvgIpc) is 2.83. The van der Waals surface area contributed by atoms with Crippen LogP contribution in [0.5, 0.6) is 0 Å². The van der Waals surface area contributed by atoms with Crippen molar-refractivity contribution in [3.8, 4) is 5.69 Å². The van der Waals surface area contributed by atoms with Gasteiger partial charge in [0.1, 0.15) is 11.5 Å². The summed E-state index contributed by atoms with van der Waals surface area (Å²) in [4.78, 5) is 12.3. The van der Waals surface area contributed by atoms with E-state index in [9.17, 15) is 18.0 Å². The number of nitrogen functional groups attached to an aromatic ring is 1. The molecule has 1 aromatic carbocycles. The number of carbonyl (C=O) groups excluding carboxylic acids is 1. The molecule has 1 amide bonds. The van der Waals surface area contributed by atoms with Gasteiger partial charge >= 0.3 is 6.18 Å². The lowest BCUT2D eigenvalue weighted by Crippen LogP contribution is -2.15. The lowest BCUT2D eigenvalue weighted by Gasteiger charge is -2.13. The molecule has 0 aliphatic carbocycles. The predicted molar refractivity (Wildman–Crippen MR) is 95.8 cm³/mol. The molecule has 3 N–H and O–H groups in total. The quantitative estimate of drug-likeness (QED) is 0.494. The molecule has 0 aliphatic heterocycles. The van der Waals surface area contributed by atoms with E-state index in [1.54, 1.807) is 0 Å². The number of hydrogen-bond acceptors (Lipinski definition) is 5. The number of nitrogens with zero attached hydrogens (tertiary/aromatic N) is 2. The third kappa shape index (κ3) is 3.97. The summed E-state index contributed by atoms with van der Waals surface area (Å²) >= 11 is 16.9. The van der Waals surface area contributed by atoms with Crippen molar-refractivity contribution in [2.75, 3.05) is 11.5 Å². The Kier molecular flexibility index (Phi) is 6.08. The molecule has 2 rings (SSSR count). The number of nitrogens with one attached hydrogen (secondary N) is 1. The van der Waals surface area contributed by atoms with E-state index in [0.717, 1.165) is 16.8 Å². The van der Waals surface area contributed by atoms with Gasteiger partial charge in [-0.05, 0) is 17.9 Å². The molecule has 0 unspecified atom stereocenters. The maximum absolute atomic E-state index is 12.9. The number of aromatic nitrogens is 2. The number of thioether (sulfide) groups is 1. The predicted octanol–water partition coefficient (Wildman–Crippen LogP) is 4.47. The molecular formula is C13H11Cl2F3N4OS2. The summed E-state index contributed by atoms with van der Waals surface area (Å²) < 4.78 is 41.7. The molecule has 25 heavy (non-hydrogen) atoms. The maximum atomic E-state index is 12.9. The van der Waals surface area contributed by atoms with Gasteiger partial charge in [-0.15, -0.1) is 11.8 Å². The zero-order valence-electron chi connectivity index (χ0n) is 12.5. The number of halogens is 5. The summed E-state index contributed by atoms with van der Waals surface area (Å²) in [6.45, 7) is 1.84. The molecule has 1 aromatic heterocycles. The van der Waals surface area contributed by atoms with Gasteiger partial charge in [0.25, 0.3) is 5.91 Å². The van der Waals surface area contributed by atoms with Gasteiger partial charge in [-0.3, -0.25) is 9.52 Å². The Hall–Kier alpha value is -1.23. The Balaban J connectivity index is 2.69. The van der Waals surface area contributed by atoms with E-state index in [2.05, 4.69) is 22.6 Å². The number of hydrogen-bond donors (Lipinski definition) is 3. The lowest BCUT2D eigenvalue weighted by atomic mass is 10.2. The van der Waals surface area contributed by atoms with Crippen LogP contribution in [0.3, 0.4) is 0 Å². The molecule has 0 bridgehead atoms. The zero-order chi connectivity index (χ0) is 18.9. The lowest BCUT2D eigenvalue weighted by molar-refractivity contribution is -0.137. The Bertz CT molecular complexity index is 803. The smallest absolute Gasteiger partial charge is 0.383 e. The molecule has 1 heterocycles. The van der Waals surface area contributed by atoms with Crippen molar-refractivity contribution in [1.29, 1.82) is 0 Å². The number of alkyl halides is 3. The number of anilines is 1. The SMILES string of the molecule is CCSc1c(C(=O)NS)nn(-c2c(Cl)cc(C(F)(F)F)cc2Cl)c1N. The van der Waals surface area contributed by atoms with Crippen LogP contribution in [0.1, 0.15) is 23.0 Å². The van der Waals surface area contributed by atoms with Crippen LogP contribution < -0.4 is 10.5 Å². The minimum Gasteiger partial charge on any atom is -0.383 e. The molecular weight excluding hydrogens is 420 g/mol. The summed E-state index contributed by atoms with van der Waals surface area (Å²) in [7, 11) is 0. The molecule has 12 heteroatoms. The van der Waals surface area contributed by atoms with E-state index in [0.29, 0.717) is 10.6 Å². The fraction of sp³-hybridized carbons (Fsp3) is 0.231. The number of rotatable bonds is 4. The maximum Gasteiger partial charge on any atom is 0.416 e. The highest BCUT2D eigenvalue weighted by Gasteiger charge is 2.33. The van der Waals surface area contributed by atoms with Gasteiger partial charge in [0, 0.05) is 0 Å². The van der Waals surface area contributed by atoms with Crippen molar-refractivity contribution in [3.63, 3.8) is 0 Å². The van der Waals surface area contributed by atoms with Crippen molar-refractivity contribution in [2.45, 2.75) is 18.0 Å². The molecule has 0 saturated heterocycles. The van der Waals surface area contributed by atoms with Gasteiger partial charge in [0.05, 0.1) is 20.5 Å². The normalized spacial score (nSPS) is 11.6. The molecule has 0 saturated carbocycles. The number of thiol groups is 1. The van der Waals surface area contributed by atoms with Crippen LogP contribution in [0.2, 0.25) is 10.0 Å². The summed E-state index contributed by atoms with van der Waals surface area (Å²) in [5.74, 6) is -0.0109. The number of benzene rings is 1. The summed E-state index contributed by atoms with van der Waals surface area (Å²) in [5, 5.41) is 3.43. The van der Waals surface area contributed by atoms with Crippen LogP contribution in [0.4, 0.5) is 19.0 Å². The molecule has 0 spiro atoms. The summed E-state index contributed by atoms with van der Waals surface area (Å²) in [6, 6.07) is 1.43. The van der Waals surface area contributed by atoms with Gasteiger partial charge in [-0.1, -0.05) is 42.9 Å². The van der Waals surface area contributed by atoms with Crippen LogP contribution in [-0.4, -0.2) is 21.4 Å². The van der Waals surface area contributed by atoms with Crippen LogP contribution in [0, 0.1) is 0 Å². The number of carbonyl (C=O) groups is 1. The van der Waals surface area contributed by atoms with Gasteiger partial charge < -0.3 is 5.73 Å². The summed E-state index contributed by atoms with van der Waals surface area (Å²) in [6.07, 6.45) is -4.61. The minimum atomic E-state index is -4.61. The van der Waals surface area contributed by atoms with Crippen LogP contribution >= 0.6 is 47.8 Å². The van der Waals surface area contributed by atoms with Gasteiger partial charge in [-0.2, -0.15) is 18.3 Å². The average molecular weight is 431 g/mol. The fourth-order valence-corrected chi connectivity index (χ4v) is 3.55. The molecule has 0 fully saturated rings. The number of amides is 1. The van der Waals surface area contributed by atoms with E-state index in [-0.39, 0.29) is 27.2 Å². The molecule has 0 radical (unpaired) electrons. The monoisotopic (exact) mass is 430 g/mol. The molecule has 0 atom stereocenters. The Morgan fingerprint density at radius 1 is 1.40 bits per heavy atom. The second-order valence-electron chi connectivity index (χ2n) is 4.63. The topological polar surface area (TPSA) is 72.9 Å². The van der Waals surface area contributed by atoms with Gasteiger partial charge in [-0.25, -0.2) is 4.68 Å². The van der Waals surface area contributed by atoms with Crippen LogP contribution in [-0.2, 0) is 6.18 Å². The van der Waals surface area contributed by atoms with Gasteiger partial charge in [0.15, 0.2) is 5.69 Å². The minimum absolute atomic E-state index is 0.0299. The van der Waals surface area contributed by atoms with Crippen LogP contribution in [0.25, 0.3) is 5.69 Å². The Morgan fingerprint density at radius 3 is 2.40 bits per heavy atom.